The third kappa shape index (κ3) is 1.28. The zero-order valence-electron chi connectivity index (χ0n) is 7.79. The summed E-state index contributed by atoms with van der Waals surface area (Å²) in [7, 11) is 0. The maximum absolute atomic E-state index is 4.56. The van der Waals surface area contributed by atoms with Gasteiger partial charge in [-0.3, -0.25) is 4.99 Å². The lowest BCUT2D eigenvalue weighted by Gasteiger charge is -2.25. The van der Waals surface area contributed by atoms with Crippen molar-refractivity contribution in [2.24, 2.45) is 4.99 Å². The fourth-order valence-corrected chi connectivity index (χ4v) is 1.98. The van der Waals surface area contributed by atoms with Gasteiger partial charge in [-0.15, -0.1) is 0 Å². The number of aliphatic imine (C=N–C) groups is 1. The normalized spacial score (nSPS) is 22.6. The summed E-state index contributed by atoms with van der Waals surface area (Å²) in [6.07, 6.45) is 2.47. The molecule has 0 amide bonds. The summed E-state index contributed by atoms with van der Waals surface area (Å²) in [6, 6.07) is 0. The first-order valence-corrected chi connectivity index (χ1v) is 4.96. The maximum atomic E-state index is 4.56. The average molecular weight is 167 g/mol. The summed E-state index contributed by atoms with van der Waals surface area (Å²) < 4.78 is 0. The van der Waals surface area contributed by atoms with Crippen LogP contribution in [0.15, 0.2) is 4.99 Å². The Morgan fingerprint density at radius 3 is 3.08 bits per heavy atom. The SMILES string of the molecule is CCCN1CCN2CCCN=C12. The van der Waals surface area contributed by atoms with E-state index in [1.165, 1.54) is 45.0 Å². The summed E-state index contributed by atoms with van der Waals surface area (Å²) in [5.74, 6) is 1.27. The quantitative estimate of drug-likeness (QED) is 0.605. The molecule has 68 valence electrons. The molecule has 3 heteroatoms. The van der Waals surface area contributed by atoms with Gasteiger partial charge in [0.25, 0.3) is 0 Å². The van der Waals surface area contributed by atoms with Gasteiger partial charge in [0, 0.05) is 32.7 Å². The van der Waals surface area contributed by atoms with Gasteiger partial charge in [0.1, 0.15) is 0 Å². The molecule has 2 heterocycles. The van der Waals surface area contributed by atoms with E-state index in [0.717, 1.165) is 6.54 Å². The van der Waals surface area contributed by atoms with Gasteiger partial charge in [-0.25, -0.2) is 0 Å². The minimum Gasteiger partial charge on any atom is -0.341 e. The third-order valence-electron chi connectivity index (χ3n) is 2.54. The molecule has 2 rings (SSSR count). The maximum Gasteiger partial charge on any atom is 0.196 e. The van der Waals surface area contributed by atoms with Crippen LogP contribution in [0.2, 0.25) is 0 Å². The van der Waals surface area contributed by atoms with E-state index in [1.807, 2.05) is 0 Å². The van der Waals surface area contributed by atoms with E-state index in [9.17, 15) is 0 Å². The minimum atomic E-state index is 1.03. The van der Waals surface area contributed by atoms with Gasteiger partial charge in [-0.2, -0.15) is 0 Å². The Morgan fingerprint density at radius 2 is 2.25 bits per heavy atom. The fraction of sp³-hybridized carbons (Fsp3) is 0.889. The van der Waals surface area contributed by atoms with Gasteiger partial charge in [0.15, 0.2) is 5.96 Å². The Kier molecular flexibility index (Phi) is 2.19. The van der Waals surface area contributed by atoms with E-state index in [-0.39, 0.29) is 0 Å². The first kappa shape index (κ1) is 7.90. The molecule has 3 nitrogen and oxygen atoms in total. The highest BCUT2D eigenvalue weighted by Crippen LogP contribution is 2.13. The molecule has 2 aliphatic rings. The second-order valence-electron chi connectivity index (χ2n) is 3.51. The van der Waals surface area contributed by atoms with Crippen LogP contribution in [0.25, 0.3) is 0 Å². The first-order valence-electron chi connectivity index (χ1n) is 4.96. The molecule has 0 aliphatic carbocycles. The lowest BCUT2D eigenvalue weighted by molar-refractivity contribution is 0.428. The van der Waals surface area contributed by atoms with E-state index in [0.29, 0.717) is 0 Å². The van der Waals surface area contributed by atoms with Gasteiger partial charge < -0.3 is 9.80 Å². The molecule has 0 unspecified atom stereocenters. The topological polar surface area (TPSA) is 18.8 Å². The van der Waals surface area contributed by atoms with Crippen molar-refractivity contribution in [1.82, 2.24) is 9.80 Å². The van der Waals surface area contributed by atoms with Crippen LogP contribution in [-0.4, -0.2) is 48.5 Å². The molecule has 12 heavy (non-hydrogen) atoms. The van der Waals surface area contributed by atoms with Gasteiger partial charge in [0.05, 0.1) is 0 Å². The van der Waals surface area contributed by atoms with E-state index in [4.69, 9.17) is 0 Å². The molecule has 0 bridgehead atoms. The van der Waals surface area contributed by atoms with Crippen LogP contribution in [0.4, 0.5) is 0 Å². The minimum absolute atomic E-state index is 1.03. The largest absolute Gasteiger partial charge is 0.341 e. The highest BCUT2D eigenvalue weighted by atomic mass is 15.4. The predicted molar refractivity (Wildman–Crippen MR) is 50.4 cm³/mol. The molecule has 0 aromatic rings. The van der Waals surface area contributed by atoms with Crippen molar-refractivity contribution in [3.63, 3.8) is 0 Å². The van der Waals surface area contributed by atoms with Crippen molar-refractivity contribution >= 4 is 5.96 Å². The Labute approximate surface area is 74.1 Å². The van der Waals surface area contributed by atoms with Crippen LogP contribution in [0.3, 0.4) is 0 Å². The summed E-state index contributed by atoms with van der Waals surface area (Å²) in [6.45, 7) is 8.04. The highest BCUT2D eigenvalue weighted by molar-refractivity contribution is 5.82. The van der Waals surface area contributed by atoms with Gasteiger partial charge >= 0.3 is 0 Å². The van der Waals surface area contributed by atoms with Gasteiger partial charge in [0.2, 0.25) is 0 Å². The predicted octanol–water partition coefficient (Wildman–Crippen LogP) is 0.774. The molecule has 0 saturated carbocycles. The van der Waals surface area contributed by atoms with E-state index < -0.39 is 0 Å². The standard InChI is InChI=1S/C9H17N3/c1-2-5-11-7-8-12-6-3-4-10-9(11)12/h2-8H2,1H3. The molecule has 1 fully saturated rings. The summed E-state index contributed by atoms with van der Waals surface area (Å²) in [5, 5.41) is 0. The van der Waals surface area contributed by atoms with E-state index in [2.05, 4.69) is 21.7 Å². The molecule has 1 saturated heterocycles. The molecule has 0 aromatic carbocycles. The highest BCUT2D eigenvalue weighted by Gasteiger charge is 2.26. The zero-order valence-corrected chi connectivity index (χ0v) is 7.79. The van der Waals surface area contributed by atoms with E-state index in [1.54, 1.807) is 0 Å². The van der Waals surface area contributed by atoms with Crippen LogP contribution in [0.1, 0.15) is 19.8 Å². The van der Waals surface area contributed by atoms with Crippen molar-refractivity contribution in [2.45, 2.75) is 19.8 Å². The number of hydrogen-bond acceptors (Lipinski definition) is 3. The molecular weight excluding hydrogens is 150 g/mol. The van der Waals surface area contributed by atoms with Crippen molar-refractivity contribution in [3.05, 3.63) is 0 Å². The number of nitrogens with zero attached hydrogens (tertiary/aromatic N) is 3. The van der Waals surface area contributed by atoms with Crippen LogP contribution in [0, 0.1) is 0 Å². The molecule has 0 aromatic heterocycles. The second kappa shape index (κ2) is 3.33. The monoisotopic (exact) mass is 167 g/mol. The Balaban J connectivity index is 2.04. The summed E-state index contributed by atoms with van der Waals surface area (Å²) >= 11 is 0. The summed E-state index contributed by atoms with van der Waals surface area (Å²) in [5.41, 5.74) is 0. The Bertz CT molecular complexity index is 188. The third-order valence-corrected chi connectivity index (χ3v) is 2.54. The van der Waals surface area contributed by atoms with Crippen molar-refractivity contribution in [1.29, 1.82) is 0 Å². The number of hydrogen-bond donors (Lipinski definition) is 0. The van der Waals surface area contributed by atoms with Crippen LogP contribution < -0.4 is 0 Å². The molecule has 0 atom stereocenters. The Hall–Kier alpha value is -0.730. The van der Waals surface area contributed by atoms with Gasteiger partial charge in [-0.1, -0.05) is 6.92 Å². The Morgan fingerprint density at radius 1 is 1.33 bits per heavy atom. The average Bonchev–Trinajstić information content (AvgIpc) is 2.50. The van der Waals surface area contributed by atoms with Crippen molar-refractivity contribution in [3.8, 4) is 0 Å². The zero-order chi connectivity index (χ0) is 8.39. The molecule has 0 radical (unpaired) electrons. The lowest BCUT2D eigenvalue weighted by atomic mass is 10.3. The molecule has 0 N–H and O–H groups in total. The lowest BCUT2D eigenvalue weighted by Crippen LogP contribution is -2.37. The number of rotatable bonds is 2. The summed E-state index contributed by atoms with van der Waals surface area (Å²) in [4.78, 5) is 9.39. The van der Waals surface area contributed by atoms with Crippen molar-refractivity contribution in [2.75, 3.05) is 32.7 Å². The molecular formula is C9H17N3. The fourth-order valence-electron chi connectivity index (χ4n) is 1.98. The molecule has 2 aliphatic heterocycles. The number of fused-ring (bicyclic) bond motifs is 1. The van der Waals surface area contributed by atoms with Crippen LogP contribution in [0.5, 0.6) is 0 Å². The molecule has 0 spiro atoms. The van der Waals surface area contributed by atoms with Crippen molar-refractivity contribution < 1.29 is 0 Å². The van der Waals surface area contributed by atoms with E-state index >= 15 is 0 Å². The first-order chi connectivity index (χ1) is 5.92. The number of guanidine groups is 1. The van der Waals surface area contributed by atoms with Crippen LogP contribution >= 0.6 is 0 Å². The van der Waals surface area contributed by atoms with Gasteiger partial charge in [-0.05, 0) is 12.8 Å². The smallest absolute Gasteiger partial charge is 0.196 e. The van der Waals surface area contributed by atoms with Crippen LogP contribution in [-0.2, 0) is 0 Å². The second-order valence-corrected chi connectivity index (χ2v) is 3.51.